The summed E-state index contributed by atoms with van der Waals surface area (Å²) in [5.74, 6) is 0.272. The van der Waals surface area contributed by atoms with Gasteiger partial charge in [0.15, 0.2) is 6.29 Å². The molecule has 1 fully saturated rings. The fourth-order valence-electron chi connectivity index (χ4n) is 8.37. The second-order valence-corrected chi connectivity index (χ2v) is 22.5. The van der Waals surface area contributed by atoms with Gasteiger partial charge in [0.25, 0.3) is 0 Å². The van der Waals surface area contributed by atoms with Crippen molar-refractivity contribution in [2.75, 3.05) is 26.4 Å². The van der Waals surface area contributed by atoms with E-state index >= 15 is 4.57 Å². The number of aliphatic hydroxyl groups excluding tert-OH is 1. The summed E-state index contributed by atoms with van der Waals surface area (Å²) < 4.78 is 66.9. The van der Waals surface area contributed by atoms with Crippen molar-refractivity contribution in [1.29, 1.82) is 0 Å². The zero-order valence-electron chi connectivity index (χ0n) is 42.9. The molecule has 0 spiro atoms. The minimum atomic E-state index is -4.78. The Bertz CT molecular complexity index is 1890. The average Bonchev–Trinajstić information content (AvgIpc) is 3.37. The quantitative estimate of drug-likeness (QED) is 0.0241. The van der Waals surface area contributed by atoms with Gasteiger partial charge in [0.05, 0.1) is 6.10 Å². The summed E-state index contributed by atoms with van der Waals surface area (Å²) in [4.78, 5) is 26.4. The van der Waals surface area contributed by atoms with Gasteiger partial charge in [-0.3, -0.25) is 4.52 Å². The van der Waals surface area contributed by atoms with E-state index in [4.69, 9.17) is 76.8 Å². The van der Waals surface area contributed by atoms with Gasteiger partial charge in [0.1, 0.15) is 55.7 Å². The van der Waals surface area contributed by atoms with Crippen LogP contribution in [0.1, 0.15) is 154 Å². The van der Waals surface area contributed by atoms with Crippen molar-refractivity contribution in [2.24, 2.45) is 0 Å². The maximum Gasteiger partial charge on any atom is 0.588 e. The van der Waals surface area contributed by atoms with E-state index in [1.807, 2.05) is 6.07 Å². The molecule has 1 aliphatic heterocycles. The van der Waals surface area contributed by atoms with Crippen LogP contribution in [0, 0.1) is 0 Å². The summed E-state index contributed by atoms with van der Waals surface area (Å²) in [5.41, 5.74) is 0.717. The zero-order chi connectivity index (χ0) is 52.4. The van der Waals surface area contributed by atoms with E-state index < -0.39 is 67.7 Å². The topological polar surface area (TPSA) is 167 Å². The van der Waals surface area contributed by atoms with Crippen LogP contribution in [-0.4, -0.2) is 84.3 Å². The Hall–Kier alpha value is -3.30. The van der Waals surface area contributed by atoms with Gasteiger partial charge in [-0.05, 0) is 49.1 Å². The SMILES string of the molecule is CCCCCCCCCCCCO[C@H](CCCCCCCCCCC)CCO[C@@H]1[C@@H](NC(=O)OCC(Cl)(Cl)Cl)[C@@H](O)O[C@H](COC(=O)OCc2ccccc2)[C@H]1OP(=O)(Oc1ccccc1)Oc1ccccc1. The number of hydrogen-bond donors (Lipinski definition) is 2. The molecule has 1 saturated heterocycles. The lowest BCUT2D eigenvalue weighted by molar-refractivity contribution is -0.259. The van der Waals surface area contributed by atoms with Crippen molar-refractivity contribution in [2.45, 2.75) is 196 Å². The summed E-state index contributed by atoms with van der Waals surface area (Å²) in [6.07, 6.45) is 15.4. The molecule has 3 aromatic carbocycles. The number of unbranched alkanes of at least 4 members (excludes halogenated alkanes) is 17. The minimum absolute atomic E-state index is 0.0227. The van der Waals surface area contributed by atoms with Crippen molar-refractivity contribution in [3.8, 4) is 11.5 Å². The van der Waals surface area contributed by atoms with E-state index in [9.17, 15) is 14.7 Å². The molecule has 1 heterocycles. The number of nitrogens with one attached hydrogen (secondary N) is 1. The van der Waals surface area contributed by atoms with Gasteiger partial charge in [0.2, 0.25) is 3.79 Å². The molecule has 410 valence electrons. The fourth-order valence-corrected chi connectivity index (χ4v) is 9.97. The van der Waals surface area contributed by atoms with Crippen LogP contribution in [0.2, 0.25) is 0 Å². The highest BCUT2D eigenvalue weighted by Gasteiger charge is 2.52. The molecule has 14 nitrogen and oxygen atoms in total. The van der Waals surface area contributed by atoms with Crippen molar-refractivity contribution < 1.29 is 61.3 Å². The van der Waals surface area contributed by atoms with Crippen LogP contribution in [0.4, 0.5) is 9.59 Å². The standard InChI is InChI=1S/C55H81Cl3NO13P/c1-3-5-7-9-11-13-15-17-19-30-39-64-45(33-25-18-16-14-12-10-8-6-4-2)38-40-65-51-49(59-53(61)68-43-55(56,57)58)52(60)69-48(42-67-54(62)66-41-44-31-23-20-24-32-44)50(51)72-73(63,70-46-34-26-21-27-35-46)71-47-36-28-22-29-37-47/h20-24,26-29,31-32,34-37,45,48-52,60H,3-19,25,30,33,38-43H2,1-2H3,(H,59,61)/t45-,48-,49-,50-,51-,52+/m1/s1. The molecule has 3 aromatic rings. The van der Waals surface area contributed by atoms with Gasteiger partial charge >= 0.3 is 20.1 Å². The third-order valence-corrected chi connectivity index (χ3v) is 14.0. The highest BCUT2D eigenvalue weighted by Crippen LogP contribution is 2.52. The molecule has 6 atom stereocenters. The molecular formula is C55H81Cl3NO13P. The van der Waals surface area contributed by atoms with Crippen LogP contribution in [0.15, 0.2) is 91.0 Å². The number of ether oxygens (including phenoxy) is 6. The molecular weight excluding hydrogens is 1020 g/mol. The van der Waals surface area contributed by atoms with Crippen molar-refractivity contribution >= 4 is 54.9 Å². The minimum Gasteiger partial charge on any atom is -0.445 e. The van der Waals surface area contributed by atoms with Gasteiger partial charge < -0.3 is 47.9 Å². The number of alkyl carbamates (subject to hydrolysis) is 1. The number of para-hydroxylation sites is 2. The lowest BCUT2D eigenvalue weighted by Crippen LogP contribution is -2.65. The number of benzene rings is 3. The molecule has 1 aliphatic rings. The largest absolute Gasteiger partial charge is 0.588 e. The van der Waals surface area contributed by atoms with Gasteiger partial charge in [-0.15, -0.1) is 0 Å². The molecule has 73 heavy (non-hydrogen) atoms. The Morgan fingerprint density at radius 2 is 1.15 bits per heavy atom. The number of aliphatic hydroxyl groups is 1. The van der Waals surface area contributed by atoms with Crippen molar-refractivity contribution in [1.82, 2.24) is 5.32 Å². The highest BCUT2D eigenvalue weighted by molar-refractivity contribution is 7.49. The predicted octanol–water partition coefficient (Wildman–Crippen LogP) is 15.2. The molecule has 0 radical (unpaired) electrons. The first-order valence-electron chi connectivity index (χ1n) is 26.6. The Balaban J connectivity index is 1.59. The molecule has 4 rings (SSSR count). The molecule has 0 aromatic heterocycles. The summed E-state index contributed by atoms with van der Waals surface area (Å²) >= 11 is 17.7. The van der Waals surface area contributed by atoms with E-state index in [0.717, 1.165) is 50.5 Å². The average molecular weight is 1100 g/mol. The van der Waals surface area contributed by atoms with E-state index in [0.29, 0.717) is 13.0 Å². The maximum atomic E-state index is 15.1. The number of hydrogen-bond acceptors (Lipinski definition) is 13. The van der Waals surface area contributed by atoms with Crippen molar-refractivity contribution in [3.63, 3.8) is 0 Å². The van der Waals surface area contributed by atoms with E-state index in [-0.39, 0.29) is 30.8 Å². The number of phosphoric acid groups is 1. The van der Waals surface area contributed by atoms with Gasteiger partial charge in [-0.25, -0.2) is 14.2 Å². The molecule has 0 unspecified atom stereocenters. The van der Waals surface area contributed by atoms with Crippen LogP contribution in [-0.2, 0) is 44.1 Å². The first-order chi connectivity index (χ1) is 35.4. The number of amides is 1. The number of carbonyl (C=O) groups is 2. The van der Waals surface area contributed by atoms with Crippen LogP contribution < -0.4 is 14.4 Å². The molecule has 2 N–H and O–H groups in total. The summed E-state index contributed by atoms with van der Waals surface area (Å²) in [5, 5.41) is 14.2. The van der Waals surface area contributed by atoms with Crippen LogP contribution >= 0.6 is 42.6 Å². The molecule has 1 amide bonds. The van der Waals surface area contributed by atoms with Gasteiger partial charge in [0, 0.05) is 13.2 Å². The molecule has 0 aliphatic carbocycles. The fraction of sp³-hybridized carbons (Fsp3) is 0.636. The lowest BCUT2D eigenvalue weighted by Gasteiger charge is -2.44. The summed E-state index contributed by atoms with van der Waals surface area (Å²) in [7, 11) is -4.78. The predicted molar refractivity (Wildman–Crippen MR) is 286 cm³/mol. The third-order valence-electron chi connectivity index (χ3n) is 12.3. The smallest absolute Gasteiger partial charge is 0.445 e. The Morgan fingerprint density at radius 3 is 1.68 bits per heavy atom. The molecule has 0 saturated carbocycles. The maximum absolute atomic E-state index is 15.1. The number of phosphoric ester groups is 1. The monoisotopic (exact) mass is 1100 g/mol. The third kappa shape index (κ3) is 27.4. The van der Waals surface area contributed by atoms with Crippen LogP contribution in [0.25, 0.3) is 0 Å². The first kappa shape index (κ1) is 62.2. The summed E-state index contributed by atoms with van der Waals surface area (Å²) in [6.45, 7) is 3.76. The highest BCUT2D eigenvalue weighted by atomic mass is 35.6. The first-order valence-corrected chi connectivity index (χ1v) is 29.2. The van der Waals surface area contributed by atoms with Gasteiger partial charge in [-0.1, -0.05) is 231 Å². The number of halogens is 3. The second kappa shape index (κ2) is 36.6. The van der Waals surface area contributed by atoms with Crippen LogP contribution in [0.5, 0.6) is 11.5 Å². The number of carbonyl (C=O) groups excluding carboxylic acids is 2. The zero-order valence-corrected chi connectivity index (χ0v) is 46.1. The number of alkyl halides is 3. The Kier molecular flexibility index (Phi) is 31.2. The van der Waals surface area contributed by atoms with Crippen LogP contribution in [0.3, 0.4) is 0 Å². The van der Waals surface area contributed by atoms with E-state index in [2.05, 4.69) is 19.2 Å². The molecule has 0 bridgehead atoms. The number of rotatable bonds is 38. The van der Waals surface area contributed by atoms with Crippen molar-refractivity contribution in [3.05, 3.63) is 96.6 Å². The second-order valence-electron chi connectivity index (χ2n) is 18.5. The van der Waals surface area contributed by atoms with Gasteiger partial charge in [-0.2, -0.15) is 0 Å². The van der Waals surface area contributed by atoms with E-state index in [1.54, 1.807) is 84.9 Å². The molecule has 18 heteroatoms. The normalized spacial score (nSPS) is 18.4. The Morgan fingerprint density at radius 1 is 0.644 bits per heavy atom. The Labute approximate surface area is 449 Å². The van der Waals surface area contributed by atoms with E-state index in [1.165, 1.54) is 83.5 Å². The lowest BCUT2D eigenvalue weighted by atomic mass is 9.96. The summed E-state index contributed by atoms with van der Waals surface area (Å²) in [6, 6.07) is 24.0.